The van der Waals surface area contributed by atoms with Crippen molar-refractivity contribution in [3.8, 4) is 0 Å². The van der Waals surface area contributed by atoms with Crippen LogP contribution in [0.15, 0.2) is 30.3 Å². The Bertz CT molecular complexity index is 514. The summed E-state index contributed by atoms with van der Waals surface area (Å²) >= 11 is 0. The lowest BCUT2D eigenvalue weighted by atomic mass is 9.95. The first-order chi connectivity index (χ1) is 9.93. The minimum absolute atomic E-state index is 0.112. The van der Waals surface area contributed by atoms with Gasteiger partial charge in [-0.05, 0) is 11.5 Å². The number of aliphatic hydroxyl groups is 1. The Hall–Kier alpha value is -1.88. The number of ether oxygens (including phenoxy) is 1. The molecule has 1 N–H and O–H groups in total. The van der Waals surface area contributed by atoms with Gasteiger partial charge in [0.15, 0.2) is 0 Å². The molecule has 3 atom stereocenters. The van der Waals surface area contributed by atoms with Crippen LogP contribution in [0.4, 0.5) is 4.79 Å². The Morgan fingerprint density at radius 2 is 1.90 bits per heavy atom. The Morgan fingerprint density at radius 3 is 2.48 bits per heavy atom. The molecule has 5 nitrogen and oxygen atoms in total. The molecule has 114 valence electrons. The Labute approximate surface area is 124 Å². The number of rotatable bonds is 4. The van der Waals surface area contributed by atoms with E-state index in [9.17, 15) is 14.7 Å². The van der Waals surface area contributed by atoms with Crippen LogP contribution in [-0.4, -0.2) is 34.7 Å². The number of carbonyl (C=O) groups excluding carboxylic acids is 2. The van der Waals surface area contributed by atoms with Crippen LogP contribution in [0.5, 0.6) is 0 Å². The average molecular weight is 291 g/mol. The van der Waals surface area contributed by atoms with E-state index in [1.54, 1.807) is 31.2 Å². The zero-order valence-electron chi connectivity index (χ0n) is 12.5. The molecule has 1 fully saturated rings. The van der Waals surface area contributed by atoms with Gasteiger partial charge in [-0.2, -0.15) is 0 Å². The first-order valence-electron chi connectivity index (χ1n) is 7.16. The number of aliphatic hydroxyl groups excluding tert-OH is 1. The molecule has 0 aliphatic carbocycles. The summed E-state index contributed by atoms with van der Waals surface area (Å²) in [4.78, 5) is 25.5. The molecule has 1 aromatic carbocycles. The van der Waals surface area contributed by atoms with Gasteiger partial charge < -0.3 is 9.84 Å². The second-order valence-corrected chi connectivity index (χ2v) is 5.74. The third-order valence-electron chi connectivity index (χ3n) is 3.92. The first-order valence-corrected chi connectivity index (χ1v) is 7.16. The van der Waals surface area contributed by atoms with Crippen LogP contribution in [-0.2, 0) is 9.53 Å². The minimum atomic E-state index is -0.945. The highest BCUT2D eigenvalue weighted by molar-refractivity contribution is 5.95. The molecule has 0 saturated carbocycles. The topological polar surface area (TPSA) is 66.8 Å². The summed E-state index contributed by atoms with van der Waals surface area (Å²) in [6.45, 7) is 5.72. The highest BCUT2D eigenvalue weighted by Crippen LogP contribution is 2.27. The van der Waals surface area contributed by atoms with Crippen LogP contribution in [0.2, 0.25) is 0 Å². The zero-order chi connectivity index (χ0) is 15.6. The fourth-order valence-corrected chi connectivity index (χ4v) is 2.47. The Balaban J connectivity index is 2.16. The van der Waals surface area contributed by atoms with E-state index in [2.05, 4.69) is 0 Å². The lowest BCUT2D eigenvalue weighted by Crippen LogP contribution is -2.45. The third kappa shape index (κ3) is 3.08. The number of hydrogen-bond donors (Lipinski definition) is 1. The van der Waals surface area contributed by atoms with E-state index in [-0.39, 0.29) is 18.6 Å². The van der Waals surface area contributed by atoms with Gasteiger partial charge in [-0.25, -0.2) is 9.69 Å². The molecule has 0 radical (unpaired) electrons. The van der Waals surface area contributed by atoms with Crippen molar-refractivity contribution in [3.63, 3.8) is 0 Å². The number of benzene rings is 1. The predicted molar refractivity (Wildman–Crippen MR) is 77.4 cm³/mol. The molecule has 1 heterocycles. The summed E-state index contributed by atoms with van der Waals surface area (Å²) in [5.41, 5.74) is 0.659. The molecule has 1 saturated heterocycles. The SMILES string of the molecule is CC(C)[C@H]1COC(=O)N1C(=O)[C@H](C)[C@H](O)c1ccccc1. The summed E-state index contributed by atoms with van der Waals surface area (Å²) in [5.74, 6) is -0.992. The van der Waals surface area contributed by atoms with Crippen molar-refractivity contribution >= 4 is 12.0 Å². The van der Waals surface area contributed by atoms with Crippen LogP contribution < -0.4 is 0 Å². The van der Waals surface area contributed by atoms with Gasteiger partial charge in [-0.3, -0.25) is 4.79 Å². The van der Waals surface area contributed by atoms with E-state index in [1.165, 1.54) is 0 Å². The quantitative estimate of drug-likeness (QED) is 0.924. The van der Waals surface area contributed by atoms with Crippen LogP contribution in [0, 0.1) is 11.8 Å². The van der Waals surface area contributed by atoms with Gasteiger partial charge in [0.2, 0.25) is 5.91 Å². The van der Waals surface area contributed by atoms with Crippen LogP contribution in [0.1, 0.15) is 32.4 Å². The van der Waals surface area contributed by atoms with Gasteiger partial charge in [-0.1, -0.05) is 51.1 Å². The van der Waals surface area contributed by atoms with Crippen molar-refractivity contribution in [1.82, 2.24) is 4.90 Å². The van der Waals surface area contributed by atoms with E-state index in [0.29, 0.717) is 5.56 Å². The number of amides is 2. The molecule has 1 aliphatic heterocycles. The summed E-state index contributed by atoms with van der Waals surface area (Å²) in [5, 5.41) is 10.3. The molecule has 0 spiro atoms. The fraction of sp³-hybridized carbons (Fsp3) is 0.500. The maximum Gasteiger partial charge on any atom is 0.416 e. The van der Waals surface area contributed by atoms with Gasteiger partial charge in [0.25, 0.3) is 0 Å². The third-order valence-corrected chi connectivity index (χ3v) is 3.92. The maximum absolute atomic E-state index is 12.6. The maximum atomic E-state index is 12.6. The molecule has 1 aromatic rings. The second-order valence-electron chi connectivity index (χ2n) is 5.74. The molecule has 0 aromatic heterocycles. The molecule has 5 heteroatoms. The van der Waals surface area contributed by atoms with Crippen molar-refractivity contribution in [2.24, 2.45) is 11.8 Å². The van der Waals surface area contributed by atoms with E-state index in [0.717, 1.165) is 4.90 Å². The molecule has 2 amide bonds. The fourth-order valence-electron chi connectivity index (χ4n) is 2.47. The van der Waals surface area contributed by atoms with Crippen LogP contribution in [0.3, 0.4) is 0 Å². The number of hydrogen-bond acceptors (Lipinski definition) is 4. The van der Waals surface area contributed by atoms with Gasteiger partial charge in [0.05, 0.1) is 18.1 Å². The van der Waals surface area contributed by atoms with Crippen molar-refractivity contribution in [2.45, 2.75) is 32.9 Å². The summed E-state index contributed by atoms with van der Waals surface area (Å²) in [6.07, 6.45) is -1.56. The highest BCUT2D eigenvalue weighted by atomic mass is 16.6. The lowest BCUT2D eigenvalue weighted by molar-refractivity contribution is -0.137. The molecule has 0 bridgehead atoms. The minimum Gasteiger partial charge on any atom is -0.447 e. The van der Waals surface area contributed by atoms with Gasteiger partial charge in [0.1, 0.15) is 6.61 Å². The average Bonchev–Trinajstić information content (AvgIpc) is 2.87. The largest absolute Gasteiger partial charge is 0.447 e. The molecular weight excluding hydrogens is 270 g/mol. The number of nitrogens with zero attached hydrogens (tertiary/aromatic N) is 1. The monoisotopic (exact) mass is 291 g/mol. The molecular formula is C16H21NO4. The van der Waals surface area contributed by atoms with E-state index >= 15 is 0 Å². The lowest BCUT2D eigenvalue weighted by Gasteiger charge is -2.27. The van der Waals surface area contributed by atoms with Crippen LogP contribution >= 0.6 is 0 Å². The Morgan fingerprint density at radius 1 is 1.29 bits per heavy atom. The van der Waals surface area contributed by atoms with Gasteiger partial charge in [-0.15, -0.1) is 0 Å². The van der Waals surface area contributed by atoms with Crippen molar-refractivity contribution in [1.29, 1.82) is 0 Å². The van der Waals surface area contributed by atoms with E-state index in [4.69, 9.17) is 4.74 Å². The predicted octanol–water partition coefficient (Wildman–Crippen LogP) is 2.36. The smallest absolute Gasteiger partial charge is 0.416 e. The number of cyclic esters (lactones) is 1. The molecule has 21 heavy (non-hydrogen) atoms. The zero-order valence-corrected chi connectivity index (χ0v) is 12.5. The molecule has 1 aliphatic rings. The summed E-state index contributed by atoms with van der Waals surface area (Å²) in [6, 6.07) is 8.70. The van der Waals surface area contributed by atoms with Crippen molar-refractivity contribution in [3.05, 3.63) is 35.9 Å². The van der Waals surface area contributed by atoms with Crippen LogP contribution in [0.25, 0.3) is 0 Å². The summed E-state index contributed by atoms with van der Waals surface area (Å²) < 4.78 is 4.98. The standard InChI is InChI=1S/C16H21NO4/c1-10(2)13-9-21-16(20)17(13)15(19)11(3)14(18)12-7-5-4-6-8-12/h4-8,10-11,13-14,18H,9H2,1-3H3/t11-,13-,14+/m1/s1. The van der Waals surface area contributed by atoms with Gasteiger partial charge in [0, 0.05) is 0 Å². The van der Waals surface area contributed by atoms with Crippen molar-refractivity contribution < 1.29 is 19.4 Å². The molecule has 2 rings (SSSR count). The number of imide groups is 1. The van der Waals surface area contributed by atoms with Crippen molar-refractivity contribution in [2.75, 3.05) is 6.61 Å². The highest BCUT2D eigenvalue weighted by Gasteiger charge is 2.42. The normalized spacial score (nSPS) is 21.3. The van der Waals surface area contributed by atoms with Gasteiger partial charge >= 0.3 is 6.09 Å². The second kappa shape index (κ2) is 6.26. The number of carbonyl (C=O) groups is 2. The van der Waals surface area contributed by atoms with E-state index < -0.39 is 24.0 Å². The Kier molecular flexibility index (Phi) is 4.63. The van der Waals surface area contributed by atoms with E-state index in [1.807, 2.05) is 19.9 Å². The summed E-state index contributed by atoms with van der Waals surface area (Å²) in [7, 11) is 0. The molecule has 0 unspecified atom stereocenters. The first kappa shape index (κ1) is 15.5.